The number of alkyl halides is 5. The van der Waals surface area contributed by atoms with Crippen molar-refractivity contribution in [2.75, 3.05) is 18.5 Å². The molecule has 0 fully saturated rings. The first-order chi connectivity index (χ1) is 17.6. The second kappa shape index (κ2) is 10.8. The summed E-state index contributed by atoms with van der Waals surface area (Å²) in [5, 5.41) is 4.75. The van der Waals surface area contributed by atoms with E-state index in [0.717, 1.165) is 12.1 Å². The third kappa shape index (κ3) is 6.01. The van der Waals surface area contributed by atoms with Crippen LogP contribution in [0.2, 0.25) is 5.02 Å². The second-order valence-electron chi connectivity index (χ2n) is 8.73. The van der Waals surface area contributed by atoms with Crippen LogP contribution in [0, 0.1) is 12.7 Å². The lowest BCUT2D eigenvalue weighted by Gasteiger charge is -2.40. The average Bonchev–Trinajstić information content (AvgIpc) is 2.80. The van der Waals surface area contributed by atoms with Crippen LogP contribution in [0.25, 0.3) is 6.08 Å². The lowest BCUT2D eigenvalue weighted by molar-refractivity contribution is -0.249. The van der Waals surface area contributed by atoms with Gasteiger partial charge in [-0.2, -0.15) is 13.2 Å². The maximum Gasteiger partial charge on any atom is 0.424 e. The van der Waals surface area contributed by atoms with E-state index in [2.05, 4.69) is 25.6 Å². The maximum atomic E-state index is 14.7. The first-order valence-electron chi connectivity index (χ1n) is 11.0. The van der Waals surface area contributed by atoms with Gasteiger partial charge in [0.05, 0.1) is 23.9 Å². The molecule has 2 atom stereocenters. The summed E-state index contributed by atoms with van der Waals surface area (Å²) in [6.07, 6.45) is -4.81. The monoisotopic (exact) mass is 564 g/mol. The van der Waals surface area contributed by atoms with Crippen molar-refractivity contribution in [3.8, 4) is 0 Å². The SMILES string of the molecule is Cc1cc(Cl)c(C(=O)Nc2ccc(F)c([C@]3(C)CO[C@@](C)(C(F)(F)F)C(N)=N3)n2)nc1/C=C\NCC(F)F. The van der Waals surface area contributed by atoms with E-state index in [9.17, 15) is 31.1 Å². The van der Waals surface area contributed by atoms with Gasteiger partial charge in [-0.05, 0) is 56.8 Å². The summed E-state index contributed by atoms with van der Waals surface area (Å²) < 4.78 is 84.5. The van der Waals surface area contributed by atoms with E-state index in [1.165, 1.54) is 25.3 Å². The van der Waals surface area contributed by atoms with Gasteiger partial charge in [0.2, 0.25) is 5.60 Å². The number of halogens is 7. The smallest absolute Gasteiger partial charge is 0.385 e. The fourth-order valence-electron chi connectivity index (χ4n) is 3.39. The van der Waals surface area contributed by atoms with E-state index in [4.69, 9.17) is 22.1 Å². The van der Waals surface area contributed by atoms with Crippen molar-refractivity contribution < 1.29 is 35.9 Å². The quantitative estimate of drug-likeness (QED) is 0.424. The molecule has 0 aliphatic carbocycles. The van der Waals surface area contributed by atoms with E-state index in [1.807, 2.05) is 0 Å². The lowest BCUT2D eigenvalue weighted by atomic mass is 9.93. The maximum absolute atomic E-state index is 14.7. The highest BCUT2D eigenvalue weighted by molar-refractivity contribution is 6.34. The second-order valence-corrected chi connectivity index (χ2v) is 9.13. The zero-order chi connectivity index (χ0) is 28.5. The van der Waals surface area contributed by atoms with Gasteiger partial charge in [-0.25, -0.2) is 23.1 Å². The van der Waals surface area contributed by atoms with Crippen LogP contribution in [0.15, 0.2) is 29.4 Å². The summed E-state index contributed by atoms with van der Waals surface area (Å²) in [7, 11) is 0. The summed E-state index contributed by atoms with van der Waals surface area (Å²) in [5.74, 6) is -2.85. The van der Waals surface area contributed by atoms with E-state index >= 15 is 0 Å². The molecule has 38 heavy (non-hydrogen) atoms. The summed E-state index contributed by atoms with van der Waals surface area (Å²) in [5.41, 5.74) is 1.14. The summed E-state index contributed by atoms with van der Waals surface area (Å²) in [4.78, 5) is 24.9. The number of ether oxygens (including phenoxy) is 1. The topological polar surface area (TPSA) is 115 Å². The molecule has 0 saturated carbocycles. The van der Waals surface area contributed by atoms with Gasteiger partial charge in [-0.1, -0.05) is 11.6 Å². The first kappa shape index (κ1) is 29.2. The number of amidine groups is 1. The van der Waals surface area contributed by atoms with Crippen molar-refractivity contribution in [3.05, 3.63) is 57.9 Å². The number of hydrogen-bond acceptors (Lipinski definition) is 7. The number of aromatic nitrogens is 2. The third-order valence-electron chi connectivity index (χ3n) is 5.69. The van der Waals surface area contributed by atoms with Gasteiger partial charge >= 0.3 is 6.18 Å². The van der Waals surface area contributed by atoms with Crippen molar-refractivity contribution in [1.82, 2.24) is 15.3 Å². The molecule has 0 unspecified atom stereocenters. The Morgan fingerprint density at radius 3 is 2.58 bits per heavy atom. The molecular formula is C23H23ClF6N6O2. The number of amides is 1. The summed E-state index contributed by atoms with van der Waals surface area (Å²) >= 11 is 6.16. The average molecular weight is 565 g/mol. The molecule has 0 bridgehead atoms. The fraction of sp³-hybridized carbons (Fsp3) is 0.391. The van der Waals surface area contributed by atoms with Crippen LogP contribution in [-0.2, 0) is 10.3 Å². The number of nitrogens with two attached hydrogens (primary N) is 1. The van der Waals surface area contributed by atoms with Crippen molar-refractivity contribution >= 4 is 35.2 Å². The molecule has 3 heterocycles. The molecule has 0 saturated heterocycles. The molecule has 3 rings (SSSR count). The van der Waals surface area contributed by atoms with Crippen LogP contribution in [-0.4, -0.2) is 53.1 Å². The zero-order valence-electron chi connectivity index (χ0n) is 20.3. The zero-order valence-corrected chi connectivity index (χ0v) is 21.0. The van der Waals surface area contributed by atoms with Crippen molar-refractivity contribution in [2.24, 2.45) is 10.7 Å². The van der Waals surface area contributed by atoms with Gasteiger partial charge in [-0.15, -0.1) is 0 Å². The Balaban J connectivity index is 1.88. The van der Waals surface area contributed by atoms with Crippen molar-refractivity contribution in [3.63, 3.8) is 0 Å². The third-order valence-corrected chi connectivity index (χ3v) is 5.98. The highest BCUT2D eigenvalue weighted by atomic mass is 35.5. The van der Waals surface area contributed by atoms with E-state index in [-0.39, 0.29) is 22.2 Å². The van der Waals surface area contributed by atoms with Gasteiger partial charge in [0.25, 0.3) is 12.3 Å². The molecule has 2 aromatic rings. The van der Waals surface area contributed by atoms with Crippen LogP contribution >= 0.6 is 11.6 Å². The van der Waals surface area contributed by atoms with E-state index in [0.29, 0.717) is 12.5 Å². The number of anilines is 1. The van der Waals surface area contributed by atoms with Gasteiger partial charge in [0.1, 0.15) is 34.4 Å². The Kier molecular flexibility index (Phi) is 8.27. The lowest BCUT2D eigenvalue weighted by Crippen LogP contribution is -2.60. The van der Waals surface area contributed by atoms with E-state index in [1.54, 1.807) is 6.92 Å². The Morgan fingerprint density at radius 2 is 1.97 bits per heavy atom. The number of nitrogens with zero attached hydrogens (tertiary/aromatic N) is 3. The Bertz CT molecular complexity index is 1290. The number of aliphatic imine (C=N–C) groups is 1. The van der Waals surface area contributed by atoms with Crippen LogP contribution in [0.4, 0.5) is 32.2 Å². The number of carbonyl (C=O) groups is 1. The van der Waals surface area contributed by atoms with Crippen LogP contribution in [0.3, 0.4) is 0 Å². The van der Waals surface area contributed by atoms with Gasteiger partial charge in [0.15, 0.2) is 0 Å². The molecule has 1 amide bonds. The molecule has 206 valence electrons. The fourth-order valence-corrected chi connectivity index (χ4v) is 3.69. The standard InChI is InChI=1S/C23H23ClF6N6O2/c1-11-8-12(24)17(33-14(11)6-7-32-9-15(26)27)19(37)35-16-5-4-13(25)18(34-16)21(2)10-38-22(3,20(31)36-21)23(28,29)30/h4-8,15,32H,9-10H2,1-3H3,(H2,31,36)(H,34,35,37)/b7-6-/t21-,22+/m0/s1. The number of hydrogen-bond donors (Lipinski definition) is 3. The molecular weight excluding hydrogens is 542 g/mol. The van der Waals surface area contributed by atoms with E-state index < -0.39 is 60.1 Å². The number of carbonyl (C=O) groups excluding carboxylic acids is 1. The van der Waals surface area contributed by atoms with Gasteiger partial charge in [-0.3, -0.25) is 9.79 Å². The predicted octanol–water partition coefficient (Wildman–Crippen LogP) is 4.58. The molecule has 0 aromatic carbocycles. The normalized spacial score (nSPS) is 22.0. The number of aryl methyl sites for hydroxylation is 1. The minimum atomic E-state index is -4.86. The minimum absolute atomic E-state index is 0.0310. The number of rotatable bonds is 7. The Hall–Kier alpha value is -3.39. The molecule has 4 N–H and O–H groups in total. The summed E-state index contributed by atoms with van der Waals surface area (Å²) in [6.45, 7) is 2.36. The summed E-state index contributed by atoms with van der Waals surface area (Å²) in [6, 6.07) is 3.50. The van der Waals surface area contributed by atoms with Gasteiger partial charge < -0.3 is 21.1 Å². The highest BCUT2D eigenvalue weighted by Gasteiger charge is 2.59. The van der Waals surface area contributed by atoms with Crippen LogP contribution in [0.5, 0.6) is 0 Å². The molecule has 1 aliphatic heterocycles. The largest absolute Gasteiger partial charge is 0.424 e. The van der Waals surface area contributed by atoms with Crippen molar-refractivity contribution in [1.29, 1.82) is 0 Å². The van der Waals surface area contributed by atoms with Crippen LogP contribution < -0.4 is 16.4 Å². The Labute approximate surface area is 218 Å². The molecule has 0 spiro atoms. The first-order valence-corrected chi connectivity index (χ1v) is 11.4. The molecule has 1 aliphatic rings. The van der Waals surface area contributed by atoms with Crippen LogP contribution in [0.1, 0.15) is 41.3 Å². The highest BCUT2D eigenvalue weighted by Crippen LogP contribution is 2.41. The molecule has 8 nitrogen and oxygen atoms in total. The number of pyridine rings is 2. The molecule has 0 radical (unpaired) electrons. The van der Waals surface area contributed by atoms with Gasteiger partial charge in [0, 0.05) is 0 Å². The Morgan fingerprint density at radius 1 is 1.29 bits per heavy atom. The molecule has 2 aromatic heterocycles. The minimum Gasteiger partial charge on any atom is -0.385 e. The predicted molar refractivity (Wildman–Crippen MR) is 129 cm³/mol. The number of nitrogens with one attached hydrogen (secondary N) is 2. The van der Waals surface area contributed by atoms with Crippen molar-refractivity contribution in [2.45, 2.75) is 44.5 Å². The molecule has 15 heteroatoms.